The summed E-state index contributed by atoms with van der Waals surface area (Å²) in [6.07, 6.45) is 3.27. The number of ether oxygens (including phenoxy) is 1. The minimum absolute atomic E-state index is 0.0381. The average Bonchev–Trinajstić information content (AvgIpc) is 3.01. The number of benzene rings is 1. The minimum Gasteiger partial charge on any atom is -0.497 e. The summed E-state index contributed by atoms with van der Waals surface area (Å²) in [5.41, 5.74) is 1.09. The molecule has 2 aromatic rings. The molecule has 0 N–H and O–H groups in total. The topological polar surface area (TPSA) is 50.6 Å². The second kappa shape index (κ2) is 6.28. The number of carbonyl (C=O) groups is 1. The van der Waals surface area contributed by atoms with Crippen LogP contribution in [0.1, 0.15) is 10.4 Å². The number of piperazine rings is 1. The fourth-order valence-corrected chi connectivity index (χ4v) is 2.73. The molecule has 23 heavy (non-hydrogen) atoms. The van der Waals surface area contributed by atoms with E-state index in [9.17, 15) is 9.18 Å². The number of aromatic nitrogens is 2. The van der Waals surface area contributed by atoms with E-state index < -0.39 is 0 Å². The van der Waals surface area contributed by atoms with Gasteiger partial charge in [0.1, 0.15) is 11.6 Å². The number of methoxy groups -OCH3 is 1. The molecule has 7 heteroatoms. The standard InChI is InChI=1S/C16H19FN4O2/c1-19-11-12(10-18-19)16(22)21-7-5-20(6-8-21)15-9-13(23-2)3-4-14(15)17/h3-4,9-11H,5-8H2,1-2H3. The summed E-state index contributed by atoms with van der Waals surface area (Å²) < 4.78 is 20.8. The first kappa shape index (κ1) is 15.3. The molecule has 1 aliphatic heterocycles. The molecule has 0 bridgehead atoms. The molecule has 3 rings (SSSR count). The van der Waals surface area contributed by atoms with Gasteiger partial charge in [0.15, 0.2) is 0 Å². The largest absolute Gasteiger partial charge is 0.497 e. The van der Waals surface area contributed by atoms with E-state index in [1.165, 1.54) is 6.07 Å². The normalized spacial score (nSPS) is 14.9. The molecule has 0 aliphatic carbocycles. The first-order valence-corrected chi connectivity index (χ1v) is 7.45. The highest BCUT2D eigenvalue weighted by Crippen LogP contribution is 2.26. The van der Waals surface area contributed by atoms with Gasteiger partial charge in [0, 0.05) is 45.5 Å². The number of amides is 1. The Morgan fingerprint density at radius 1 is 1.26 bits per heavy atom. The van der Waals surface area contributed by atoms with Crippen LogP contribution in [0.25, 0.3) is 0 Å². The van der Waals surface area contributed by atoms with Crippen LogP contribution in [-0.4, -0.2) is 53.9 Å². The van der Waals surface area contributed by atoms with Gasteiger partial charge in [0.05, 0.1) is 24.6 Å². The highest BCUT2D eigenvalue weighted by Gasteiger charge is 2.24. The van der Waals surface area contributed by atoms with Gasteiger partial charge in [-0.05, 0) is 12.1 Å². The van der Waals surface area contributed by atoms with E-state index >= 15 is 0 Å². The van der Waals surface area contributed by atoms with Crippen molar-refractivity contribution in [2.24, 2.45) is 7.05 Å². The minimum atomic E-state index is -0.280. The zero-order chi connectivity index (χ0) is 16.4. The first-order chi connectivity index (χ1) is 11.1. The Labute approximate surface area is 134 Å². The molecule has 6 nitrogen and oxygen atoms in total. The lowest BCUT2D eigenvalue weighted by Gasteiger charge is -2.36. The Morgan fingerprint density at radius 2 is 2.00 bits per heavy atom. The summed E-state index contributed by atoms with van der Waals surface area (Å²) in [5, 5.41) is 4.02. The van der Waals surface area contributed by atoms with Crippen molar-refractivity contribution in [3.8, 4) is 5.75 Å². The highest BCUT2D eigenvalue weighted by atomic mass is 19.1. The average molecular weight is 318 g/mol. The van der Waals surface area contributed by atoms with Crippen molar-refractivity contribution in [2.45, 2.75) is 0 Å². The summed E-state index contributed by atoms with van der Waals surface area (Å²) in [7, 11) is 3.34. The Bertz CT molecular complexity index is 708. The number of carbonyl (C=O) groups excluding carboxylic acids is 1. The van der Waals surface area contributed by atoms with Crippen molar-refractivity contribution in [3.05, 3.63) is 42.0 Å². The fourth-order valence-electron chi connectivity index (χ4n) is 2.73. The zero-order valence-electron chi connectivity index (χ0n) is 13.2. The molecule has 0 radical (unpaired) electrons. The third kappa shape index (κ3) is 3.13. The molecule has 1 amide bonds. The van der Waals surface area contributed by atoms with E-state index in [-0.39, 0.29) is 11.7 Å². The van der Waals surface area contributed by atoms with Crippen LogP contribution < -0.4 is 9.64 Å². The van der Waals surface area contributed by atoms with Gasteiger partial charge in [-0.15, -0.1) is 0 Å². The fraction of sp³-hybridized carbons (Fsp3) is 0.375. The van der Waals surface area contributed by atoms with E-state index in [4.69, 9.17) is 4.74 Å². The van der Waals surface area contributed by atoms with E-state index in [1.807, 2.05) is 4.90 Å². The van der Waals surface area contributed by atoms with Gasteiger partial charge < -0.3 is 14.5 Å². The summed E-state index contributed by atoms with van der Waals surface area (Å²) in [6.45, 7) is 2.25. The number of rotatable bonds is 3. The van der Waals surface area contributed by atoms with Gasteiger partial charge in [-0.25, -0.2) is 4.39 Å². The third-order valence-corrected chi connectivity index (χ3v) is 4.01. The molecule has 122 valence electrons. The smallest absolute Gasteiger partial charge is 0.257 e. The number of hydrogen-bond acceptors (Lipinski definition) is 4. The summed E-state index contributed by atoms with van der Waals surface area (Å²) in [6, 6.07) is 4.69. The SMILES string of the molecule is COc1ccc(F)c(N2CCN(C(=O)c3cnn(C)c3)CC2)c1. The molecular weight excluding hydrogens is 299 g/mol. The number of aryl methyl sites for hydroxylation is 1. The summed E-state index contributed by atoms with van der Waals surface area (Å²) in [5.74, 6) is 0.303. The van der Waals surface area contributed by atoms with Gasteiger partial charge in [0.2, 0.25) is 0 Å². The molecule has 1 aliphatic rings. The molecule has 0 saturated carbocycles. The van der Waals surface area contributed by atoms with Crippen molar-refractivity contribution < 1.29 is 13.9 Å². The van der Waals surface area contributed by atoms with Crippen molar-refractivity contribution in [1.82, 2.24) is 14.7 Å². The van der Waals surface area contributed by atoms with E-state index in [1.54, 1.807) is 48.3 Å². The van der Waals surface area contributed by atoms with Gasteiger partial charge in [0.25, 0.3) is 5.91 Å². The molecule has 0 spiro atoms. The molecule has 1 aromatic heterocycles. The monoisotopic (exact) mass is 318 g/mol. The number of nitrogens with zero attached hydrogens (tertiary/aromatic N) is 4. The maximum atomic E-state index is 14.0. The lowest BCUT2D eigenvalue weighted by atomic mass is 10.2. The lowest BCUT2D eigenvalue weighted by molar-refractivity contribution is 0.0746. The first-order valence-electron chi connectivity index (χ1n) is 7.45. The van der Waals surface area contributed by atoms with Crippen molar-refractivity contribution in [2.75, 3.05) is 38.2 Å². The predicted octanol–water partition coefficient (Wildman–Crippen LogP) is 1.53. The van der Waals surface area contributed by atoms with Crippen LogP contribution in [0.3, 0.4) is 0 Å². The van der Waals surface area contributed by atoms with Gasteiger partial charge in [-0.2, -0.15) is 5.10 Å². The van der Waals surface area contributed by atoms with Gasteiger partial charge in [-0.3, -0.25) is 9.48 Å². The number of halogens is 1. The highest BCUT2D eigenvalue weighted by molar-refractivity contribution is 5.93. The maximum Gasteiger partial charge on any atom is 0.257 e. The summed E-state index contributed by atoms with van der Waals surface area (Å²) >= 11 is 0. The van der Waals surface area contributed by atoms with Crippen LogP contribution in [-0.2, 0) is 7.05 Å². The second-order valence-corrected chi connectivity index (χ2v) is 5.50. The van der Waals surface area contributed by atoms with Crippen LogP contribution in [0.5, 0.6) is 5.75 Å². The summed E-state index contributed by atoms with van der Waals surface area (Å²) in [4.78, 5) is 16.1. The predicted molar refractivity (Wildman–Crippen MR) is 84.3 cm³/mol. The molecule has 1 fully saturated rings. The van der Waals surface area contributed by atoms with Crippen LogP contribution in [0.4, 0.5) is 10.1 Å². The van der Waals surface area contributed by atoms with Crippen molar-refractivity contribution >= 4 is 11.6 Å². The Hall–Kier alpha value is -2.57. The number of hydrogen-bond donors (Lipinski definition) is 0. The Kier molecular flexibility index (Phi) is 4.18. The molecule has 1 aromatic carbocycles. The van der Waals surface area contributed by atoms with Crippen molar-refractivity contribution in [3.63, 3.8) is 0 Å². The maximum absolute atomic E-state index is 14.0. The Balaban J connectivity index is 1.68. The van der Waals surface area contributed by atoms with Gasteiger partial charge in [-0.1, -0.05) is 0 Å². The van der Waals surface area contributed by atoms with E-state index in [0.717, 1.165) is 0 Å². The molecule has 1 saturated heterocycles. The van der Waals surface area contributed by atoms with Crippen LogP contribution in [0, 0.1) is 5.82 Å². The van der Waals surface area contributed by atoms with Crippen LogP contribution in [0.15, 0.2) is 30.6 Å². The van der Waals surface area contributed by atoms with Crippen LogP contribution >= 0.6 is 0 Å². The Morgan fingerprint density at radius 3 is 2.61 bits per heavy atom. The quantitative estimate of drug-likeness (QED) is 0.861. The van der Waals surface area contributed by atoms with E-state index in [0.29, 0.717) is 43.2 Å². The van der Waals surface area contributed by atoms with Crippen molar-refractivity contribution in [1.29, 1.82) is 0 Å². The van der Waals surface area contributed by atoms with Gasteiger partial charge >= 0.3 is 0 Å². The second-order valence-electron chi connectivity index (χ2n) is 5.50. The molecule has 0 unspecified atom stereocenters. The van der Waals surface area contributed by atoms with Crippen LogP contribution in [0.2, 0.25) is 0 Å². The molecular formula is C16H19FN4O2. The lowest BCUT2D eigenvalue weighted by Crippen LogP contribution is -2.49. The van der Waals surface area contributed by atoms with E-state index in [2.05, 4.69) is 5.10 Å². The molecule has 0 atom stereocenters. The molecule has 2 heterocycles. The number of anilines is 1. The third-order valence-electron chi connectivity index (χ3n) is 4.01. The zero-order valence-corrected chi connectivity index (χ0v) is 13.2.